The van der Waals surface area contributed by atoms with Crippen LogP contribution in [-0.2, 0) is 13.2 Å². The van der Waals surface area contributed by atoms with Crippen LogP contribution in [0, 0.1) is 0 Å². The van der Waals surface area contributed by atoms with Crippen LogP contribution in [0.2, 0.25) is 5.02 Å². The van der Waals surface area contributed by atoms with Gasteiger partial charge in [0, 0.05) is 16.1 Å². The predicted molar refractivity (Wildman–Crippen MR) is 127 cm³/mol. The van der Waals surface area contributed by atoms with Gasteiger partial charge in [-0.3, -0.25) is 0 Å². The molecule has 0 bridgehead atoms. The molecule has 4 aromatic carbocycles. The normalized spacial score (nSPS) is 11.0. The van der Waals surface area contributed by atoms with Gasteiger partial charge in [0.2, 0.25) is 0 Å². The lowest BCUT2D eigenvalue weighted by Crippen LogP contribution is -2.07. The number of halogens is 1. The molecule has 0 aliphatic carbocycles. The zero-order chi connectivity index (χ0) is 21.5. The number of methoxy groups -OCH3 is 1. The van der Waals surface area contributed by atoms with E-state index in [0.29, 0.717) is 18.2 Å². The van der Waals surface area contributed by atoms with Crippen molar-refractivity contribution in [1.29, 1.82) is 0 Å². The monoisotopic (exact) mass is 430 g/mol. The van der Waals surface area contributed by atoms with Gasteiger partial charge in [-0.25, -0.2) is 0 Å². The van der Waals surface area contributed by atoms with E-state index in [0.717, 1.165) is 39.0 Å². The highest BCUT2D eigenvalue weighted by atomic mass is 35.5. The molecule has 0 radical (unpaired) electrons. The molecule has 0 saturated carbocycles. The van der Waals surface area contributed by atoms with Crippen LogP contribution in [0.3, 0.4) is 0 Å². The van der Waals surface area contributed by atoms with Crippen molar-refractivity contribution in [2.75, 3.05) is 7.11 Å². The van der Waals surface area contributed by atoms with Crippen LogP contribution in [0.5, 0.6) is 11.5 Å². The second kappa shape index (κ2) is 10.0. The molecule has 0 spiro atoms. The Morgan fingerprint density at radius 1 is 0.871 bits per heavy atom. The van der Waals surface area contributed by atoms with E-state index in [1.807, 2.05) is 72.9 Å². The van der Waals surface area contributed by atoms with Crippen LogP contribution < -0.4 is 14.9 Å². The summed E-state index contributed by atoms with van der Waals surface area (Å²) in [6, 6.07) is 27.8. The van der Waals surface area contributed by atoms with Gasteiger partial charge >= 0.3 is 0 Å². The highest BCUT2D eigenvalue weighted by Crippen LogP contribution is 2.27. The third-order valence-corrected chi connectivity index (χ3v) is 5.24. The molecule has 0 saturated heterocycles. The summed E-state index contributed by atoms with van der Waals surface area (Å²) >= 11 is 5.98. The molecule has 4 aromatic rings. The second-order valence-electron chi connectivity index (χ2n) is 7.02. The molecular weight excluding hydrogens is 408 g/mol. The fourth-order valence-corrected chi connectivity index (χ4v) is 3.49. The lowest BCUT2D eigenvalue weighted by molar-refractivity contribution is 0.306. The quantitative estimate of drug-likeness (QED) is 0.267. The number of fused-ring (bicyclic) bond motifs is 1. The molecular formula is C26H23ClN2O2. The topological polar surface area (TPSA) is 42.8 Å². The Bertz CT molecular complexity index is 1190. The van der Waals surface area contributed by atoms with Gasteiger partial charge in [-0.2, -0.15) is 5.10 Å². The molecule has 0 heterocycles. The van der Waals surface area contributed by atoms with E-state index in [2.05, 4.69) is 28.7 Å². The minimum Gasteiger partial charge on any atom is -0.496 e. The summed E-state index contributed by atoms with van der Waals surface area (Å²) in [7, 11) is 1.67. The standard InChI is InChI=1S/C26H23ClN2O2/c1-30-25-9-5-3-7-21(25)16-28-29-17-24-23-8-4-2-6-20(23)12-15-26(24)31-18-19-10-13-22(27)14-11-19/h2-15,17,28H,16,18H2,1H3/b29-17+. The van der Waals surface area contributed by atoms with E-state index >= 15 is 0 Å². The van der Waals surface area contributed by atoms with Crippen LogP contribution in [-0.4, -0.2) is 13.3 Å². The maximum Gasteiger partial charge on any atom is 0.129 e. The fraction of sp³-hybridized carbons (Fsp3) is 0.115. The van der Waals surface area contributed by atoms with Crippen molar-refractivity contribution in [3.05, 3.63) is 107 Å². The first-order chi connectivity index (χ1) is 15.2. The Labute approximate surface area is 187 Å². The number of hydrogen-bond donors (Lipinski definition) is 1. The second-order valence-corrected chi connectivity index (χ2v) is 7.46. The third kappa shape index (κ3) is 5.16. The van der Waals surface area contributed by atoms with Gasteiger partial charge in [0.05, 0.1) is 19.9 Å². The minimum absolute atomic E-state index is 0.449. The average molecular weight is 431 g/mol. The number of benzene rings is 4. The molecule has 0 unspecified atom stereocenters. The van der Waals surface area contributed by atoms with Gasteiger partial charge in [0.25, 0.3) is 0 Å². The molecule has 1 N–H and O–H groups in total. The first-order valence-electron chi connectivity index (χ1n) is 10.0. The largest absolute Gasteiger partial charge is 0.496 e. The summed E-state index contributed by atoms with van der Waals surface area (Å²) < 4.78 is 11.5. The molecule has 4 rings (SSSR count). The van der Waals surface area contributed by atoms with Crippen molar-refractivity contribution in [3.63, 3.8) is 0 Å². The Morgan fingerprint density at radius 2 is 1.65 bits per heavy atom. The summed E-state index contributed by atoms with van der Waals surface area (Å²) in [5, 5.41) is 7.39. The van der Waals surface area contributed by atoms with Crippen molar-refractivity contribution in [3.8, 4) is 11.5 Å². The van der Waals surface area contributed by atoms with Crippen LogP contribution in [0.15, 0.2) is 90.0 Å². The molecule has 0 atom stereocenters. The molecule has 5 heteroatoms. The van der Waals surface area contributed by atoms with E-state index in [1.165, 1.54) is 0 Å². The maximum atomic E-state index is 6.14. The number of nitrogens with one attached hydrogen (secondary N) is 1. The first kappa shape index (κ1) is 20.8. The van der Waals surface area contributed by atoms with E-state index in [-0.39, 0.29) is 0 Å². The van der Waals surface area contributed by atoms with E-state index < -0.39 is 0 Å². The highest BCUT2D eigenvalue weighted by molar-refractivity contribution is 6.30. The Kier molecular flexibility index (Phi) is 6.70. The summed E-state index contributed by atoms with van der Waals surface area (Å²) in [6.07, 6.45) is 1.81. The number of rotatable bonds is 8. The van der Waals surface area contributed by atoms with Gasteiger partial charge in [-0.15, -0.1) is 0 Å². The Balaban J connectivity index is 1.54. The van der Waals surface area contributed by atoms with Gasteiger partial charge in [-0.05, 0) is 40.6 Å². The molecule has 0 aromatic heterocycles. The van der Waals surface area contributed by atoms with Crippen molar-refractivity contribution in [2.45, 2.75) is 13.2 Å². The van der Waals surface area contributed by atoms with Crippen molar-refractivity contribution >= 4 is 28.6 Å². The van der Waals surface area contributed by atoms with Crippen LogP contribution in [0.25, 0.3) is 10.8 Å². The van der Waals surface area contributed by atoms with Crippen molar-refractivity contribution < 1.29 is 9.47 Å². The molecule has 0 amide bonds. The molecule has 0 aliphatic rings. The van der Waals surface area contributed by atoms with Gasteiger partial charge < -0.3 is 14.9 Å². The van der Waals surface area contributed by atoms with E-state index in [9.17, 15) is 0 Å². The first-order valence-corrected chi connectivity index (χ1v) is 10.4. The SMILES string of the molecule is COc1ccccc1CN/N=C/c1c(OCc2ccc(Cl)cc2)ccc2ccccc12. The molecule has 0 aliphatic heterocycles. The predicted octanol–water partition coefficient (Wildman–Crippen LogP) is 6.20. The number of para-hydroxylation sites is 1. The van der Waals surface area contributed by atoms with Crippen LogP contribution in [0.4, 0.5) is 0 Å². The minimum atomic E-state index is 0.449. The molecule has 4 nitrogen and oxygen atoms in total. The Hall–Kier alpha value is -3.50. The zero-order valence-corrected chi connectivity index (χ0v) is 18.0. The summed E-state index contributed by atoms with van der Waals surface area (Å²) in [5.41, 5.74) is 6.14. The number of nitrogens with zero attached hydrogens (tertiary/aromatic N) is 1. The number of hydrogen-bond acceptors (Lipinski definition) is 4. The zero-order valence-electron chi connectivity index (χ0n) is 17.2. The summed E-state index contributed by atoms with van der Waals surface area (Å²) in [4.78, 5) is 0. The van der Waals surface area contributed by atoms with Gasteiger partial charge in [-0.1, -0.05) is 72.3 Å². The Morgan fingerprint density at radius 3 is 2.48 bits per heavy atom. The van der Waals surface area contributed by atoms with Crippen LogP contribution >= 0.6 is 11.6 Å². The smallest absolute Gasteiger partial charge is 0.129 e. The number of ether oxygens (including phenoxy) is 2. The lowest BCUT2D eigenvalue weighted by Gasteiger charge is -2.12. The van der Waals surface area contributed by atoms with Gasteiger partial charge in [0.15, 0.2) is 0 Å². The van der Waals surface area contributed by atoms with Crippen molar-refractivity contribution in [1.82, 2.24) is 5.43 Å². The maximum absolute atomic E-state index is 6.14. The number of hydrazone groups is 1. The van der Waals surface area contributed by atoms with E-state index in [4.69, 9.17) is 21.1 Å². The molecule has 0 fully saturated rings. The van der Waals surface area contributed by atoms with Gasteiger partial charge in [0.1, 0.15) is 18.1 Å². The lowest BCUT2D eigenvalue weighted by atomic mass is 10.0. The third-order valence-electron chi connectivity index (χ3n) is 4.99. The fourth-order valence-electron chi connectivity index (χ4n) is 3.37. The molecule has 31 heavy (non-hydrogen) atoms. The van der Waals surface area contributed by atoms with Crippen LogP contribution in [0.1, 0.15) is 16.7 Å². The summed E-state index contributed by atoms with van der Waals surface area (Å²) in [5.74, 6) is 1.61. The molecule has 156 valence electrons. The summed E-state index contributed by atoms with van der Waals surface area (Å²) in [6.45, 7) is 1.01. The average Bonchev–Trinajstić information content (AvgIpc) is 2.82. The highest BCUT2D eigenvalue weighted by Gasteiger charge is 2.08. The van der Waals surface area contributed by atoms with Crippen molar-refractivity contribution in [2.24, 2.45) is 5.10 Å². The van der Waals surface area contributed by atoms with E-state index in [1.54, 1.807) is 7.11 Å².